The SMILES string of the molecule is CC(C)[CH-]C(=O)O.[Li+]. The number of carboxylic acid groups (broad SMARTS) is 1. The van der Waals surface area contributed by atoms with Crippen LogP contribution in [0.2, 0.25) is 0 Å². The van der Waals surface area contributed by atoms with Gasteiger partial charge in [0.1, 0.15) is 0 Å². The first-order valence-corrected chi connectivity index (χ1v) is 2.20. The van der Waals surface area contributed by atoms with E-state index in [0.717, 1.165) is 0 Å². The second-order valence-electron chi connectivity index (χ2n) is 1.75. The molecule has 0 aliphatic carbocycles. The normalized spacial score (nSPS) is 7.88. The maximum atomic E-state index is 9.75. The van der Waals surface area contributed by atoms with E-state index in [4.69, 9.17) is 5.11 Å². The zero-order chi connectivity index (χ0) is 5.86. The van der Waals surface area contributed by atoms with E-state index in [9.17, 15) is 4.79 Å². The van der Waals surface area contributed by atoms with Crippen LogP contribution in [-0.4, -0.2) is 11.1 Å². The van der Waals surface area contributed by atoms with Gasteiger partial charge in [0.15, 0.2) is 5.97 Å². The quantitative estimate of drug-likeness (QED) is 0.326. The molecule has 0 bridgehead atoms. The van der Waals surface area contributed by atoms with Crippen molar-refractivity contribution in [1.29, 1.82) is 0 Å². The van der Waals surface area contributed by atoms with E-state index in [2.05, 4.69) is 0 Å². The van der Waals surface area contributed by atoms with Gasteiger partial charge in [-0.3, -0.25) is 11.2 Å². The van der Waals surface area contributed by atoms with Gasteiger partial charge in [-0.15, -0.1) is 0 Å². The van der Waals surface area contributed by atoms with Crippen LogP contribution in [0.3, 0.4) is 0 Å². The zero-order valence-corrected chi connectivity index (χ0v) is 5.51. The summed E-state index contributed by atoms with van der Waals surface area (Å²) < 4.78 is 0. The number of rotatable bonds is 2. The Morgan fingerprint density at radius 1 is 1.62 bits per heavy atom. The van der Waals surface area contributed by atoms with Gasteiger partial charge in [-0.1, -0.05) is 13.8 Å². The molecule has 0 aromatic carbocycles. The molecular formula is C5H9LiO2. The molecule has 0 unspecified atom stereocenters. The summed E-state index contributed by atoms with van der Waals surface area (Å²) >= 11 is 0. The van der Waals surface area contributed by atoms with Crippen LogP contribution in [0.1, 0.15) is 13.8 Å². The van der Waals surface area contributed by atoms with Crippen molar-refractivity contribution in [2.45, 2.75) is 13.8 Å². The van der Waals surface area contributed by atoms with E-state index in [1.165, 1.54) is 6.42 Å². The van der Waals surface area contributed by atoms with E-state index in [-0.39, 0.29) is 24.8 Å². The molecule has 0 saturated carbocycles. The van der Waals surface area contributed by atoms with Gasteiger partial charge in [0.05, 0.1) is 0 Å². The second-order valence-corrected chi connectivity index (χ2v) is 1.75. The molecule has 3 heteroatoms. The molecule has 0 aromatic rings. The Hall–Kier alpha value is -0.0626. The van der Waals surface area contributed by atoms with Gasteiger partial charge >= 0.3 is 18.9 Å². The molecule has 0 spiro atoms. The third kappa shape index (κ3) is 9.34. The van der Waals surface area contributed by atoms with E-state index < -0.39 is 5.97 Å². The molecule has 0 amide bonds. The van der Waals surface area contributed by atoms with Crippen molar-refractivity contribution < 1.29 is 28.8 Å². The first-order valence-electron chi connectivity index (χ1n) is 2.20. The van der Waals surface area contributed by atoms with Crippen LogP contribution in [-0.2, 0) is 4.79 Å². The third-order valence-corrected chi connectivity index (χ3v) is 0.476. The molecule has 0 radical (unpaired) electrons. The Labute approximate surface area is 61.5 Å². The predicted molar refractivity (Wildman–Crippen MR) is 26.8 cm³/mol. The number of carbonyl (C=O) groups is 1. The van der Waals surface area contributed by atoms with Crippen LogP contribution in [0, 0.1) is 12.3 Å². The molecule has 0 atom stereocenters. The molecule has 1 N–H and O–H groups in total. The maximum absolute atomic E-state index is 9.75. The van der Waals surface area contributed by atoms with Crippen LogP contribution >= 0.6 is 0 Å². The third-order valence-electron chi connectivity index (χ3n) is 0.476. The van der Waals surface area contributed by atoms with E-state index in [1.807, 2.05) is 13.8 Å². The van der Waals surface area contributed by atoms with Gasteiger partial charge in [-0.2, -0.15) is 5.92 Å². The van der Waals surface area contributed by atoms with Crippen molar-refractivity contribution in [3.8, 4) is 0 Å². The summed E-state index contributed by atoms with van der Waals surface area (Å²) in [6, 6.07) is 0. The summed E-state index contributed by atoms with van der Waals surface area (Å²) in [5, 5.41) is 8.03. The molecule has 0 rings (SSSR count). The fraction of sp³-hybridized carbons (Fsp3) is 0.600. The van der Waals surface area contributed by atoms with E-state index >= 15 is 0 Å². The Balaban J connectivity index is 0. The Bertz CT molecular complexity index is 70.8. The Morgan fingerprint density at radius 3 is 2.00 bits per heavy atom. The van der Waals surface area contributed by atoms with Crippen LogP contribution in [0.15, 0.2) is 0 Å². The van der Waals surface area contributed by atoms with Gasteiger partial charge in [-0.25, -0.2) is 0 Å². The maximum Gasteiger partial charge on any atom is 1.00 e. The van der Waals surface area contributed by atoms with Crippen molar-refractivity contribution >= 4 is 5.97 Å². The Kier molecular flexibility index (Phi) is 6.88. The van der Waals surface area contributed by atoms with Crippen molar-refractivity contribution in [3.63, 3.8) is 0 Å². The average molecular weight is 108 g/mol. The van der Waals surface area contributed by atoms with E-state index in [0.29, 0.717) is 0 Å². The minimum atomic E-state index is -0.838. The smallest absolute Gasteiger partial charge is 0.503 e. The molecule has 2 nitrogen and oxygen atoms in total. The largest absolute Gasteiger partial charge is 1.00 e. The number of aliphatic carboxylic acids is 1. The van der Waals surface area contributed by atoms with E-state index in [1.54, 1.807) is 0 Å². The van der Waals surface area contributed by atoms with Gasteiger partial charge in [-0.05, 0) is 0 Å². The first kappa shape index (κ1) is 10.8. The van der Waals surface area contributed by atoms with Crippen molar-refractivity contribution in [2.75, 3.05) is 0 Å². The monoisotopic (exact) mass is 108 g/mol. The summed E-state index contributed by atoms with van der Waals surface area (Å²) in [7, 11) is 0. The minimum absolute atomic E-state index is 0. The number of carboxylic acids is 1. The predicted octanol–water partition coefficient (Wildman–Crippen LogP) is -2.06. The Morgan fingerprint density at radius 2 is 2.00 bits per heavy atom. The van der Waals surface area contributed by atoms with Gasteiger partial charge in [0.2, 0.25) is 0 Å². The van der Waals surface area contributed by atoms with Gasteiger partial charge < -0.3 is 5.11 Å². The topological polar surface area (TPSA) is 37.3 Å². The molecule has 0 fully saturated rings. The fourth-order valence-electron chi connectivity index (χ4n) is 0.285. The molecule has 0 aliphatic heterocycles. The summed E-state index contributed by atoms with van der Waals surface area (Å²) in [6.07, 6.45) is 1.25. The molecule has 0 heterocycles. The van der Waals surface area contributed by atoms with Crippen molar-refractivity contribution in [1.82, 2.24) is 0 Å². The number of hydrogen-bond acceptors (Lipinski definition) is 1. The average Bonchev–Trinajstić information content (AvgIpc) is 1.27. The van der Waals surface area contributed by atoms with Crippen LogP contribution in [0.5, 0.6) is 0 Å². The molecule has 0 aliphatic rings. The van der Waals surface area contributed by atoms with Crippen molar-refractivity contribution in [2.24, 2.45) is 5.92 Å². The summed E-state index contributed by atoms with van der Waals surface area (Å²) in [5.74, 6) is -0.688. The minimum Gasteiger partial charge on any atom is -0.503 e. The summed E-state index contributed by atoms with van der Waals surface area (Å²) in [5.41, 5.74) is 0. The fourth-order valence-corrected chi connectivity index (χ4v) is 0.285. The molecule has 0 saturated heterocycles. The van der Waals surface area contributed by atoms with Gasteiger partial charge in [0.25, 0.3) is 0 Å². The second kappa shape index (κ2) is 5.08. The zero-order valence-electron chi connectivity index (χ0n) is 5.51. The molecular weight excluding hydrogens is 99.0 g/mol. The molecule has 0 aromatic heterocycles. The van der Waals surface area contributed by atoms with Crippen LogP contribution < -0.4 is 18.9 Å². The standard InChI is InChI=1S/C5H9O2.Li/c1-4(2)3-5(6)7;/h3-4H,1-2H3,(H,6,7);/q-1;+1. The summed E-state index contributed by atoms with van der Waals surface area (Å²) in [6.45, 7) is 3.66. The summed E-state index contributed by atoms with van der Waals surface area (Å²) in [4.78, 5) is 9.75. The van der Waals surface area contributed by atoms with Crippen molar-refractivity contribution in [3.05, 3.63) is 6.42 Å². The molecule has 8 heavy (non-hydrogen) atoms. The number of hydrogen-bond donors (Lipinski definition) is 1. The van der Waals surface area contributed by atoms with Crippen LogP contribution in [0.4, 0.5) is 0 Å². The van der Waals surface area contributed by atoms with Crippen LogP contribution in [0.25, 0.3) is 0 Å². The van der Waals surface area contributed by atoms with Gasteiger partial charge in [0, 0.05) is 0 Å². The molecule has 42 valence electrons. The first-order chi connectivity index (χ1) is 3.13.